The molecule has 0 atom stereocenters. The second-order valence-electron chi connectivity index (χ2n) is 3.63. The molecule has 3 nitrogen and oxygen atoms in total. The van der Waals surface area contributed by atoms with Crippen LogP contribution in [0.5, 0.6) is 5.75 Å². The van der Waals surface area contributed by atoms with E-state index in [1.165, 1.54) is 0 Å². The maximum Gasteiger partial charge on any atom is 0.303 e. The van der Waals surface area contributed by atoms with Crippen molar-refractivity contribution in [1.29, 1.82) is 0 Å². The van der Waals surface area contributed by atoms with Gasteiger partial charge in [-0.25, -0.2) is 0 Å². The van der Waals surface area contributed by atoms with E-state index in [0.717, 1.165) is 22.4 Å². The van der Waals surface area contributed by atoms with Crippen LogP contribution in [0, 0.1) is 13.8 Å². The number of rotatable bonds is 4. The van der Waals surface area contributed by atoms with Crippen molar-refractivity contribution in [2.24, 2.45) is 0 Å². The summed E-state index contributed by atoms with van der Waals surface area (Å²) >= 11 is 0. The molecule has 0 aliphatic heterocycles. The Labute approximate surface area is 89.7 Å². The molecule has 82 valence electrons. The van der Waals surface area contributed by atoms with Gasteiger partial charge in [0.1, 0.15) is 5.75 Å². The monoisotopic (exact) mass is 208 g/mol. The van der Waals surface area contributed by atoms with Crippen LogP contribution in [0.15, 0.2) is 12.1 Å². The second kappa shape index (κ2) is 4.82. The van der Waals surface area contributed by atoms with E-state index in [2.05, 4.69) is 0 Å². The molecule has 0 unspecified atom stereocenters. The number of aryl methyl sites for hydroxylation is 2. The normalized spacial score (nSPS) is 10.1. The molecule has 3 heteroatoms. The van der Waals surface area contributed by atoms with Crippen molar-refractivity contribution >= 4 is 5.97 Å². The van der Waals surface area contributed by atoms with Crippen LogP contribution in [-0.2, 0) is 11.2 Å². The van der Waals surface area contributed by atoms with Crippen LogP contribution in [0.2, 0.25) is 0 Å². The van der Waals surface area contributed by atoms with E-state index in [1.54, 1.807) is 7.11 Å². The van der Waals surface area contributed by atoms with E-state index in [0.29, 0.717) is 6.42 Å². The Morgan fingerprint density at radius 1 is 1.40 bits per heavy atom. The molecule has 1 aromatic carbocycles. The highest BCUT2D eigenvalue weighted by Crippen LogP contribution is 2.23. The molecular formula is C12H16O3. The first-order chi connectivity index (χ1) is 7.04. The summed E-state index contributed by atoms with van der Waals surface area (Å²) in [5.74, 6) is 0.0579. The zero-order valence-corrected chi connectivity index (χ0v) is 9.33. The molecule has 0 aliphatic rings. The predicted molar refractivity (Wildman–Crippen MR) is 58.4 cm³/mol. The third-order valence-corrected chi connectivity index (χ3v) is 2.53. The highest BCUT2D eigenvalue weighted by atomic mass is 16.5. The van der Waals surface area contributed by atoms with Crippen molar-refractivity contribution in [2.75, 3.05) is 7.11 Å². The number of aliphatic carboxylic acids is 1. The van der Waals surface area contributed by atoms with Crippen LogP contribution in [0.3, 0.4) is 0 Å². The van der Waals surface area contributed by atoms with Gasteiger partial charge in [0.2, 0.25) is 0 Å². The molecule has 0 aliphatic carbocycles. The van der Waals surface area contributed by atoms with Gasteiger partial charge in [-0.15, -0.1) is 0 Å². The Kier molecular flexibility index (Phi) is 3.72. The lowest BCUT2D eigenvalue weighted by Gasteiger charge is -2.10. The maximum absolute atomic E-state index is 10.4. The average Bonchev–Trinajstić information content (AvgIpc) is 2.19. The summed E-state index contributed by atoms with van der Waals surface area (Å²) < 4.78 is 5.23. The fraction of sp³-hybridized carbons (Fsp3) is 0.417. The van der Waals surface area contributed by atoms with Crippen molar-refractivity contribution in [3.63, 3.8) is 0 Å². The number of benzene rings is 1. The fourth-order valence-corrected chi connectivity index (χ4v) is 1.51. The Balaban J connectivity index is 2.90. The topological polar surface area (TPSA) is 46.5 Å². The van der Waals surface area contributed by atoms with Crippen LogP contribution >= 0.6 is 0 Å². The van der Waals surface area contributed by atoms with Gasteiger partial charge < -0.3 is 9.84 Å². The molecule has 0 radical (unpaired) electrons. The molecular weight excluding hydrogens is 192 g/mol. The predicted octanol–water partition coefficient (Wildman–Crippen LogP) is 2.33. The van der Waals surface area contributed by atoms with E-state index in [-0.39, 0.29) is 6.42 Å². The molecule has 0 heterocycles. The summed E-state index contributed by atoms with van der Waals surface area (Å²) in [4.78, 5) is 10.4. The van der Waals surface area contributed by atoms with Crippen LogP contribution in [0.4, 0.5) is 0 Å². The molecule has 1 rings (SSSR count). The number of carboxylic acid groups (broad SMARTS) is 1. The first kappa shape index (κ1) is 11.6. The Morgan fingerprint density at radius 3 is 2.60 bits per heavy atom. The minimum atomic E-state index is -0.771. The average molecular weight is 208 g/mol. The minimum Gasteiger partial charge on any atom is -0.496 e. The van der Waals surface area contributed by atoms with Gasteiger partial charge in [0.25, 0.3) is 0 Å². The Hall–Kier alpha value is -1.51. The standard InChI is InChI=1S/C12H16O3/c1-8-6-10(4-5-12(13)14)7-11(15-3)9(8)2/h6-7H,4-5H2,1-3H3,(H,13,14). The van der Waals surface area contributed by atoms with Crippen molar-refractivity contribution in [3.05, 3.63) is 28.8 Å². The van der Waals surface area contributed by atoms with Gasteiger partial charge in [0.15, 0.2) is 0 Å². The van der Waals surface area contributed by atoms with Crippen molar-refractivity contribution < 1.29 is 14.6 Å². The lowest BCUT2D eigenvalue weighted by atomic mass is 10.0. The molecule has 0 saturated heterocycles. The van der Waals surface area contributed by atoms with Gasteiger partial charge in [0.05, 0.1) is 7.11 Å². The number of carboxylic acids is 1. The molecule has 1 aromatic rings. The first-order valence-electron chi connectivity index (χ1n) is 4.90. The van der Waals surface area contributed by atoms with Crippen molar-refractivity contribution in [2.45, 2.75) is 26.7 Å². The van der Waals surface area contributed by atoms with E-state index < -0.39 is 5.97 Å². The fourth-order valence-electron chi connectivity index (χ4n) is 1.51. The van der Waals surface area contributed by atoms with Crippen molar-refractivity contribution in [1.82, 2.24) is 0 Å². The number of hydrogen-bond donors (Lipinski definition) is 1. The number of hydrogen-bond acceptors (Lipinski definition) is 2. The van der Waals surface area contributed by atoms with Crippen LogP contribution in [-0.4, -0.2) is 18.2 Å². The number of methoxy groups -OCH3 is 1. The quantitative estimate of drug-likeness (QED) is 0.826. The summed E-state index contributed by atoms with van der Waals surface area (Å²) in [6.45, 7) is 4.00. The Bertz CT molecular complexity index is 369. The first-order valence-corrected chi connectivity index (χ1v) is 4.90. The van der Waals surface area contributed by atoms with Gasteiger partial charge >= 0.3 is 5.97 Å². The Morgan fingerprint density at radius 2 is 2.07 bits per heavy atom. The van der Waals surface area contributed by atoms with Gasteiger partial charge in [-0.2, -0.15) is 0 Å². The maximum atomic E-state index is 10.4. The summed E-state index contributed by atoms with van der Waals surface area (Å²) in [5, 5.41) is 8.59. The van der Waals surface area contributed by atoms with E-state index in [9.17, 15) is 4.79 Å². The van der Waals surface area contributed by atoms with Gasteiger partial charge in [-0.3, -0.25) is 4.79 Å². The SMILES string of the molecule is COc1cc(CCC(=O)O)cc(C)c1C. The highest BCUT2D eigenvalue weighted by Gasteiger charge is 2.06. The molecule has 0 bridgehead atoms. The summed E-state index contributed by atoms with van der Waals surface area (Å²) in [6.07, 6.45) is 0.707. The van der Waals surface area contributed by atoms with Crippen LogP contribution in [0.1, 0.15) is 23.1 Å². The largest absolute Gasteiger partial charge is 0.496 e. The molecule has 0 amide bonds. The third-order valence-electron chi connectivity index (χ3n) is 2.53. The summed E-state index contributed by atoms with van der Waals surface area (Å²) in [5.41, 5.74) is 3.25. The zero-order valence-electron chi connectivity index (χ0n) is 9.33. The summed E-state index contributed by atoms with van der Waals surface area (Å²) in [6, 6.07) is 3.92. The van der Waals surface area contributed by atoms with E-state index in [4.69, 9.17) is 9.84 Å². The van der Waals surface area contributed by atoms with E-state index in [1.807, 2.05) is 26.0 Å². The van der Waals surface area contributed by atoms with Gasteiger partial charge in [0, 0.05) is 6.42 Å². The minimum absolute atomic E-state index is 0.158. The molecule has 15 heavy (non-hydrogen) atoms. The van der Waals surface area contributed by atoms with Gasteiger partial charge in [-0.1, -0.05) is 6.07 Å². The molecule has 0 saturated carbocycles. The van der Waals surface area contributed by atoms with E-state index >= 15 is 0 Å². The highest BCUT2D eigenvalue weighted by molar-refractivity contribution is 5.67. The van der Waals surface area contributed by atoms with Gasteiger partial charge in [-0.05, 0) is 43.0 Å². The summed E-state index contributed by atoms with van der Waals surface area (Å²) in [7, 11) is 1.63. The third kappa shape index (κ3) is 2.98. The van der Waals surface area contributed by atoms with Crippen LogP contribution < -0.4 is 4.74 Å². The second-order valence-corrected chi connectivity index (χ2v) is 3.63. The van der Waals surface area contributed by atoms with Crippen molar-refractivity contribution in [3.8, 4) is 5.75 Å². The number of carbonyl (C=O) groups is 1. The number of ether oxygens (including phenoxy) is 1. The molecule has 1 N–H and O–H groups in total. The van der Waals surface area contributed by atoms with Crippen LogP contribution in [0.25, 0.3) is 0 Å². The lowest BCUT2D eigenvalue weighted by molar-refractivity contribution is -0.136. The molecule has 0 spiro atoms. The zero-order chi connectivity index (χ0) is 11.4. The molecule has 0 fully saturated rings. The lowest BCUT2D eigenvalue weighted by Crippen LogP contribution is -1.99. The smallest absolute Gasteiger partial charge is 0.303 e. The molecule has 0 aromatic heterocycles.